The first-order valence-electron chi connectivity index (χ1n) is 7.39. The van der Waals surface area contributed by atoms with E-state index in [1.54, 1.807) is 34.8 Å². The van der Waals surface area contributed by atoms with Crippen LogP contribution < -0.4 is 0 Å². The van der Waals surface area contributed by atoms with Gasteiger partial charge in [0.05, 0.1) is 12.7 Å². The summed E-state index contributed by atoms with van der Waals surface area (Å²) in [4.78, 5) is 14.0. The van der Waals surface area contributed by atoms with Gasteiger partial charge >= 0.3 is 0 Å². The molecule has 1 saturated heterocycles. The van der Waals surface area contributed by atoms with Gasteiger partial charge in [-0.2, -0.15) is 0 Å². The second-order valence-corrected chi connectivity index (χ2v) is 6.10. The van der Waals surface area contributed by atoms with Crippen LogP contribution in [0.1, 0.15) is 48.3 Å². The molecule has 22 heavy (non-hydrogen) atoms. The molecule has 2 aromatic heterocycles. The van der Waals surface area contributed by atoms with Crippen molar-refractivity contribution in [3.8, 4) is 0 Å². The van der Waals surface area contributed by atoms with Crippen molar-refractivity contribution in [2.45, 2.75) is 38.8 Å². The number of β-amino-alcohol motifs (C(OH)–C–C–N with tert-alkyl or cyclic N) is 1. The second-order valence-electron chi connectivity index (χ2n) is 6.10. The summed E-state index contributed by atoms with van der Waals surface area (Å²) in [7, 11) is 0. The molecule has 3 heterocycles. The monoisotopic (exact) mass is 304 g/mol. The van der Waals surface area contributed by atoms with Crippen LogP contribution in [-0.2, 0) is 5.60 Å². The molecule has 2 aromatic rings. The normalized spacial score (nSPS) is 21.8. The molecule has 7 heteroatoms. The van der Waals surface area contributed by atoms with Crippen LogP contribution in [-0.4, -0.2) is 44.0 Å². The molecule has 1 fully saturated rings. The van der Waals surface area contributed by atoms with E-state index in [9.17, 15) is 9.90 Å². The smallest absolute Gasteiger partial charge is 0.289 e. The van der Waals surface area contributed by atoms with Gasteiger partial charge in [0.1, 0.15) is 17.1 Å². The summed E-state index contributed by atoms with van der Waals surface area (Å²) in [5, 5.41) is 18.9. The summed E-state index contributed by atoms with van der Waals surface area (Å²) in [5.74, 6) is 0.783. The number of nitrogens with zero attached hydrogens (tertiary/aromatic N) is 4. The number of hydrogen-bond donors (Lipinski definition) is 1. The maximum absolute atomic E-state index is 12.4. The summed E-state index contributed by atoms with van der Waals surface area (Å²) < 4.78 is 7.06. The van der Waals surface area contributed by atoms with Gasteiger partial charge < -0.3 is 14.4 Å². The van der Waals surface area contributed by atoms with Gasteiger partial charge in [-0.1, -0.05) is 5.21 Å². The molecule has 0 bridgehead atoms. The van der Waals surface area contributed by atoms with Gasteiger partial charge in [0.25, 0.3) is 5.91 Å². The molecular formula is C15H20N4O3. The predicted octanol–water partition coefficient (Wildman–Crippen LogP) is 1.49. The number of furan rings is 1. The SMILES string of the molecule is Cc1ccc(C(=O)N2CC[C@](O)(c3cn(C(C)C)nn3)C2)o1. The highest BCUT2D eigenvalue weighted by atomic mass is 16.4. The molecule has 0 saturated carbocycles. The Morgan fingerprint density at radius 3 is 2.82 bits per heavy atom. The number of aliphatic hydroxyl groups is 1. The maximum atomic E-state index is 12.4. The van der Waals surface area contributed by atoms with Crippen LogP contribution in [0.3, 0.4) is 0 Å². The molecule has 1 aliphatic heterocycles. The van der Waals surface area contributed by atoms with Gasteiger partial charge in [-0.3, -0.25) is 4.79 Å². The van der Waals surface area contributed by atoms with Gasteiger partial charge in [-0.25, -0.2) is 4.68 Å². The van der Waals surface area contributed by atoms with Gasteiger partial charge in [0.2, 0.25) is 0 Å². The lowest BCUT2D eigenvalue weighted by Gasteiger charge is -2.20. The van der Waals surface area contributed by atoms with E-state index in [1.165, 1.54) is 0 Å². The van der Waals surface area contributed by atoms with Gasteiger partial charge in [-0.15, -0.1) is 5.10 Å². The van der Waals surface area contributed by atoms with Gasteiger partial charge in [0, 0.05) is 19.0 Å². The molecule has 0 aromatic carbocycles. The summed E-state index contributed by atoms with van der Waals surface area (Å²) in [5.41, 5.74) is -0.642. The minimum Gasteiger partial charge on any atom is -0.456 e. The van der Waals surface area contributed by atoms with Crippen molar-refractivity contribution in [2.75, 3.05) is 13.1 Å². The lowest BCUT2D eigenvalue weighted by Crippen LogP contribution is -2.34. The summed E-state index contributed by atoms with van der Waals surface area (Å²) in [6, 6.07) is 3.59. The van der Waals surface area contributed by atoms with Crippen LogP contribution in [0.5, 0.6) is 0 Å². The quantitative estimate of drug-likeness (QED) is 0.928. The van der Waals surface area contributed by atoms with E-state index in [4.69, 9.17) is 4.42 Å². The van der Waals surface area contributed by atoms with Crippen LogP contribution >= 0.6 is 0 Å². The third kappa shape index (κ3) is 2.52. The highest BCUT2D eigenvalue weighted by Crippen LogP contribution is 2.31. The third-order valence-corrected chi connectivity index (χ3v) is 4.00. The van der Waals surface area contributed by atoms with Crippen molar-refractivity contribution in [3.63, 3.8) is 0 Å². The average Bonchev–Trinajstić information content (AvgIpc) is 3.17. The predicted molar refractivity (Wildman–Crippen MR) is 78.3 cm³/mol. The molecular weight excluding hydrogens is 284 g/mol. The molecule has 0 aliphatic carbocycles. The largest absolute Gasteiger partial charge is 0.456 e. The maximum Gasteiger partial charge on any atom is 0.289 e. The first-order chi connectivity index (χ1) is 10.4. The summed E-state index contributed by atoms with van der Waals surface area (Å²) >= 11 is 0. The van der Waals surface area contributed by atoms with Crippen molar-refractivity contribution in [1.82, 2.24) is 19.9 Å². The molecule has 1 atom stereocenters. The van der Waals surface area contributed by atoms with E-state index in [1.807, 2.05) is 13.8 Å². The van der Waals surface area contributed by atoms with Crippen molar-refractivity contribution in [3.05, 3.63) is 35.5 Å². The number of hydrogen-bond acceptors (Lipinski definition) is 5. The van der Waals surface area contributed by atoms with E-state index in [0.717, 1.165) is 0 Å². The molecule has 118 valence electrons. The highest BCUT2D eigenvalue weighted by Gasteiger charge is 2.42. The lowest BCUT2D eigenvalue weighted by molar-refractivity contribution is 0.0372. The summed E-state index contributed by atoms with van der Waals surface area (Å²) in [6.07, 6.45) is 2.19. The fourth-order valence-electron chi connectivity index (χ4n) is 2.62. The highest BCUT2D eigenvalue weighted by molar-refractivity contribution is 5.91. The molecule has 1 amide bonds. The average molecular weight is 304 g/mol. The first-order valence-corrected chi connectivity index (χ1v) is 7.39. The Balaban J connectivity index is 1.76. The first kappa shape index (κ1) is 14.8. The van der Waals surface area contributed by atoms with Crippen LogP contribution in [0.15, 0.2) is 22.7 Å². The number of carbonyl (C=O) groups excluding carboxylic acids is 1. The van der Waals surface area contributed by atoms with E-state index in [-0.39, 0.29) is 18.5 Å². The van der Waals surface area contributed by atoms with E-state index in [2.05, 4.69) is 10.3 Å². The third-order valence-electron chi connectivity index (χ3n) is 4.00. The zero-order valence-electron chi connectivity index (χ0n) is 13.0. The fourth-order valence-corrected chi connectivity index (χ4v) is 2.62. The number of aromatic nitrogens is 3. The minimum absolute atomic E-state index is 0.176. The Labute approximate surface area is 128 Å². The van der Waals surface area contributed by atoms with Crippen molar-refractivity contribution in [1.29, 1.82) is 0 Å². The number of amides is 1. The number of aryl methyl sites for hydroxylation is 1. The van der Waals surface area contributed by atoms with Crippen LogP contribution in [0.25, 0.3) is 0 Å². The Morgan fingerprint density at radius 1 is 1.45 bits per heavy atom. The molecule has 0 spiro atoms. The Bertz CT molecular complexity index is 691. The summed E-state index contributed by atoms with van der Waals surface area (Å²) in [6.45, 7) is 6.44. The van der Waals surface area contributed by atoms with E-state index < -0.39 is 5.60 Å². The van der Waals surface area contributed by atoms with Crippen LogP contribution in [0, 0.1) is 6.92 Å². The zero-order chi connectivity index (χ0) is 15.9. The fraction of sp³-hybridized carbons (Fsp3) is 0.533. The van der Waals surface area contributed by atoms with Gasteiger partial charge in [-0.05, 0) is 32.9 Å². The van der Waals surface area contributed by atoms with Gasteiger partial charge in [0.15, 0.2) is 5.76 Å². The lowest BCUT2D eigenvalue weighted by atomic mass is 10.00. The number of likely N-dealkylation sites (tertiary alicyclic amines) is 1. The molecule has 0 unspecified atom stereocenters. The van der Waals surface area contributed by atoms with Crippen molar-refractivity contribution >= 4 is 5.91 Å². The van der Waals surface area contributed by atoms with Crippen molar-refractivity contribution < 1.29 is 14.3 Å². The Morgan fingerprint density at radius 2 is 2.23 bits per heavy atom. The Kier molecular flexibility index (Phi) is 3.52. The Hall–Kier alpha value is -2.15. The van der Waals surface area contributed by atoms with Crippen molar-refractivity contribution in [2.24, 2.45) is 0 Å². The standard InChI is InChI=1S/C15H20N4O3/c1-10(2)19-8-13(16-17-19)15(21)6-7-18(9-15)14(20)12-5-4-11(3)22-12/h4-5,8,10,21H,6-7,9H2,1-3H3/t15-/m1/s1. The van der Waals surface area contributed by atoms with Crippen LogP contribution in [0.4, 0.5) is 0 Å². The number of carbonyl (C=O) groups is 1. The second kappa shape index (κ2) is 5.24. The molecule has 0 radical (unpaired) electrons. The molecule has 3 rings (SSSR count). The van der Waals surface area contributed by atoms with Crippen LogP contribution in [0.2, 0.25) is 0 Å². The molecule has 1 N–H and O–H groups in total. The van der Waals surface area contributed by atoms with E-state index in [0.29, 0.717) is 30.2 Å². The molecule has 1 aliphatic rings. The zero-order valence-corrected chi connectivity index (χ0v) is 13.0. The number of rotatable bonds is 3. The van der Waals surface area contributed by atoms with E-state index >= 15 is 0 Å². The minimum atomic E-state index is -1.15. The molecule has 7 nitrogen and oxygen atoms in total. The topological polar surface area (TPSA) is 84.4 Å².